The van der Waals surface area contributed by atoms with Gasteiger partial charge in [-0.3, -0.25) is 14.3 Å². The molecule has 0 radical (unpaired) electrons. The molecule has 6 rings (SSSR count). The Kier molecular flexibility index (Phi) is 6.48. The summed E-state index contributed by atoms with van der Waals surface area (Å²) < 4.78 is 45.4. The normalized spacial score (nSPS) is 16.5. The zero-order chi connectivity index (χ0) is 29.2. The molecule has 10 nitrogen and oxygen atoms in total. The van der Waals surface area contributed by atoms with E-state index in [1.165, 1.54) is 18.6 Å². The van der Waals surface area contributed by atoms with Crippen LogP contribution in [0.25, 0.3) is 22.9 Å². The van der Waals surface area contributed by atoms with Crippen LogP contribution in [0.1, 0.15) is 59.1 Å². The summed E-state index contributed by atoms with van der Waals surface area (Å²) in [5.41, 5.74) is 0.848. The fourth-order valence-corrected chi connectivity index (χ4v) is 5.35. The Balaban J connectivity index is 1.39. The molecule has 1 aliphatic carbocycles. The van der Waals surface area contributed by atoms with Gasteiger partial charge in [-0.25, -0.2) is 24.0 Å². The summed E-state index contributed by atoms with van der Waals surface area (Å²) in [5, 5.41) is 7.86. The van der Waals surface area contributed by atoms with Crippen molar-refractivity contribution >= 4 is 11.6 Å². The molecule has 210 valence electrons. The second-order valence-electron chi connectivity index (χ2n) is 9.93. The predicted octanol–water partition coefficient (Wildman–Crippen LogP) is 5.16. The molecular weight excluding hydrogens is 559 g/mol. The van der Waals surface area contributed by atoms with Crippen molar-refractivity contribution in [1.82, 2.24) is 44.1 Å². The monoisotopic (exact) mass is 581 g/mol. The number of hydrogen-bond donors (Lipinski definition) is 0. The maximum absolute atomic E-state index is 16.2. The molecule has 0 aliphatic heterocycles. The summed E-state index contributed by atoms with van der Waals surface area (Å²) in [6, 6.07) is 5.04. The minimum atomic E-state index is -2.74. The van der Waals surface area contributed by atoms with Gasteiger partial charge in [-0.2, -0.15) is 18.6 Å². The molecule has 5 aromatic heterocycles. The summed E-state index contributed by atoms with van der Waals surface area (Å²) in [4.78, 5) is 31.2. The second kappa shape index (κ2) is 9.91. The number of rotatable bonds is 6. The van der Waals surface area contributed by atoms with Crippen molar-refractivity contribution in [3.63, 3.8) is 0 Å². The molecule has 0 bridgehead atoms. The SMILES string of the molecule is Cc1nc(C)n(-c2cccc(-c3ncc(C)c(-n4c(C)nc([C@@H]5CC5c5cnn(C(F)F)c5)c(Cl)c4=O)c3F)n2)n1. The number of hydrogen-bond acceptors (Lipinski definition) is 7. The highest BCUT2D eigenvalue weighted by atomic mass is 35.5. The molecule has 1 unspecified atom stereocenters. The molecule has 0 N–H and O–H groups in total. The maximum atomic E-state index is 16.2. The summed E-state index contributed by atoms with van der Waals surface area (Å²) in [5.74, 6) is 0.689. The lowest BCUT2D eigenvalue weighted by Gasteiger charge is -2.17. The van der Waals surface area contributed by atoms with Gasteiger partial charge in [0.05, 0.1) is 23.3 Å². The van der Waals surface area contributed by atoms with Gasteiger partial charge < -0.3 is 0 Å². The summed E-state index contributed by atoms with van der Waals surface area (Å²) >= 11 is 6.53. The minimum Gasteiger partial charge on any atom is -0.267 e. The fourth-order valence-electron chi connectivity index (χ4n) is 5.08. The van der Waals surface area contributed by atoms with Crippen LogP contribution in [0.4, 0.5) is 13.2 Å². The topological polar surface area (TPSA) is 109 Å². The smallest absolute Gasteiger partial charge is 0.267 e. The molecule has 1 fully saturated rings. The molecule has 0 saturated heterocycles. The quantitative estimate of drug-likeness (QED) is 0.272. The van der Waals surface area contributed by atoms with E-state index in [9.17, 15) is 13.6 Å². The molecule has 0 spiro atoms. The maximum Gasteiger partial charge on any atom is 0.333 e. The predicted molar refractivity (Wildman–Crippen MR) is 143 cm³/mol. The van der Waals surface area contributed by atoms with E-state index in [4.69, 9.17) is 11.6 Å². The van der Waals surface area contributed by atoms with E-state index in [-0.39, 0.29) is 39.8 Å². The van der Waals surface area contributed by atoms with Gasteiger partial charge in [0.2, 0.25) is 0 Å². The number of nitrogens with zero attached hydrogens (tertiary/aromatic N) is 9. The first-order valence-corrected chi connectivity index (χ1v) is 13.1. The Hall–Kier alpha value is -4.39. The van der Waals surface area contributed by atoms with E-state index < -0.39 is 17.9 Å². The van der Waals surface area contributed by atoms with E-state index >= 15 is 4.39 Å². The van der Waals surface area contributed by atoms with Crippen LogP contribution in [0.3, 0.4) is 0 Å². The molecule has 5 heterocycles. The zero-order valence-corrected chi connectivity index (χ0v) is 23.1. The lowest BCUT2D eigenvalue weighted by Crippen LogP contribution is -2.26. The first kappa shape index (κ1) is 26.8. The molecule has 14 heteroatoms. The molecular formula is C27H23ClF3N9O. The van der Waals surface area contributed by atoms with Gasteiger partial charge in [0.1, 0.15) is 28.2 Å². The van der Waals surface area contributed by atoms with Crippen LogP contribution >= 0.6 is 11.6 Å². The molecule has 2 atom stereocenters. The van der Waals surface area contributed by atoms with E-state index in [0.717, 1.165) is 4.57 Å². The largest absolute Gasteiger partial charge is 0.333 e. The number of aromatic nitrogens is 9. The fraction of sp³-hybridized carbons (Fsp3) is 0.296. The standard InChI is InChI=1S/C27H23ClF3N9O/c1-12-9-32-24(19-6-5-7-20(36-19)40-15(4)34-13(2)37-40)22(29)25(12)39-14(3)35-23(21(28)26(39)41)18-8-17(18)16-10-33-38(11-16)27(30)31/h5-7,9-11,17-18,27H,8H2,1-4H3/t17?,18-/m1/s1. The minimum absolute atomic E-state index is 0.0380. The summed E-state index contributed by atoms with van der Waals surface area (Å²) in [6.07, 6.45) is 4.69. The first-order valence-electron chi connectivity index (χ1n) is 12.7. The van der Waals surface area contributed by atoms with E-state index in [1.54, 1.807) is 50.6 Å². The molecule has 1 aliphatic rings. The zero-order valence-electron chi connectivity index (χ0n) is 22.3. The van der Waals surface area contributed by atoms with E-state index in [2.05, 4.69) is 30.1 Å². The molecule has 0 aromatic carbocycles. The van der Waals surface area contributed by atoms with E-state index in [0.29, 0.717) is 45.4 Å². The number of halogens is 4. The summed E-state index contributed by atoms with van der Waals surface area (Å²) in [6.45, 7) is 4.02. The van der Waals surface area contributed by atoms with Gasteiger partial charge >= 0.3 is 6.55 Å². The van der Waals surface area contributed by atoms with Crippen LogP contribution in [0, 0.1) is 33.5 Å². The molecule has 41 heavy (non-hydrogen) atoms. The van der Waals surface area contributed by atoms with Gasteiger partial charge in [0, 0.05) is 18.3 Å². The van der Waals surface area contributed by atoms with Crippen molar-refractivity contribution in [3.8, 4) is 22.9 Å². The van der Waals surface area contributed by atoms with Crippen molar-refractivity contribution in [1.29, 1.82) is 0 Å². The lowest BCUT2D eigenvalue weighted by atomic mass is 10.1. The highest BCUT2D eigenvalue weighted by Crippen LogP contribution is 2.55. The number of alkyl halides is 2. The Bertz CT molecular complexity index is 1880. The molecule has 5 aromatic rings. The van der Waals surface area contributed by atoms with Crippen LogP contribution in [0.15, 0.2) is 41.6 Å². The van der Waals surface area contributed by atoms with E-state index in [1.807, 2.05) is 0 Å². The summed E-state index contributed by atoms with van der Waals surface area (Å²) in [7, 11) is 0. The van der Waals surface area contributed by atoms with Crippen LogP contribution in [-0.4, -0.2) is 44.1 Å². The Morgan fingerprint density at radius 3 is 2.49 bits per heavy atom. The highest BCUT2D eigenvalue weighted by Gasteiger charge is 2.44. The highest BCUT2D eigenvalue weighted by molar-refractivity contribution is 6.31. The third-order valence-corrected chi connectivity index (χ3v) is 7.44. The average molecular weight is 582 g/mol. The number of pyridine rings is 2. The van der Waals surface area contributed by atoms with Gasteiger partial charge in [-0.05, 0) is 63.3 Å². The molecule has 1 saturated carbocycles. The Morgan fingerprint density at radius 2 is 1.80 bits per heavy atom. The van der Waals surface area contributed by atoms with Gasteiger partial charge in [0.15, 0.2) is 11.6 Å². The number of aryl methyl sites for hydroxylation is 4. The van der Waals surface area contributed by atoms with Crippen molar-refractivity contribution < 1.29 is 13.2 Å². The Morgan fingerprint density at radius 1 is 1.02 bits per heavy atom. The van der Waals surface area contributed by atoms with Crippen LogP contribution in [0.5, 0.6) is 0 Å². The molecule has 0 amide bonds. The van der Waals surface area contributed by atoms with Crippen molar-refractivity contribution in [2.45, 2.75) is 52.5 Å². The third-order valence-electron chi connectivity index (χ3n) is 7.08. The van der Waals surface area contributed by atoms with Gasteiger partial charge in [-0.15, -0.1) is 5.10 Å². The Labute approximate surface area is 236 Å². The first-order chi connectivity index (χ1) is 19.5. The van der Waals surface area contributed by atoms with Crippen molar-refractivity contribution in [2.75, 3.05) is 0 Å². The van der Waals surface area contributed by atoms with Crippen molar-refractivity contribution in [3.05, 3.63) is 92.3 Å². The van der Waals surface area contributed by atoms with Gasteiger partial charge in [-0.1, -0.05) is 17.7 Å². The van der Waals surface area contributed by atoms with Crippen LogP contribution in [0.2, 0.25) is 5.02 Å². The lowest BCUT2D eigenvalue weighted by molar-refractivity contribution is 0.0565. The average Bonchev–Trinajstić information content (AvgIpc) is 3.41. The van der Waals surface area contributed by atoms with Crippen LogP contribution < -0.4 is 5.56 Å². The second-order valence-corrected chi connectivity index (χ2v) is 10.3. The van der Waals surface area contributed by atoms with Crippen LogP contribution in [-0.2, 0) is 0 Å². The van der Waals surface area contributed by atoms with Gasteiger partial charge in [0.25, 0.3) is 5.56 Å². The van der Waals surface area contributed by atoms with Crippen molar-refractivity contribution in [2.24, 2.45) is 0 Å². The third kappa shape index (κ3) is 4.59.